The zero-order valence-electron chi connectivity index (χ0n) is 15.8. The van der Waals surface area contributed by atoms with E-state index in [9.17, 15) is 4.79 Å². The van der Waals surface area contributed by atoms with Crippen LogP contribution in [0, 0.1) is 11.3 Å². The Labute approximate surface area is 159 Å². The van der Waals surface area contributed by atoms with Crippen molar-refractivity contribution in [1.29, 1.82) is 5.26 Å². The van der Waals surface area contributed by atoms with Gasteiger partial charge in [-0.05, 0) is 50.1 Å². The molecule has 27 heavy (non-hydrogen) atoms. The number of amides is 1. The highest BCUT2D eigenvalue weighted by Crippen LogP contribution is 2.20. The molecule has 0 spiro atoms. The van der Waals surface area contributed by atoms with Gasteiger partial charge in [0.05, 0.1) is 32.0 Å². The lowest BCUT2D eigenvalue weighted by Crippen LogP contribution is -2.43. The minimum Gasteiger partial charge on any atom is -0.497 e. The van der Waals surface area contributed by atoms with Crippen molar-refractivity contribution < 1.29 is 9.53 Å². The number of aromatic nitrogens is 2. The first-order chi connectivity index (χ1) is 13.1. The minimum absolute atomic E-state index is 0.00899. The number of rotatable bonds is 7. The van der Waals surface area contributed by atoms with Crippen molar-refractivity contribution in [2.75, 3.05) is 20.2 Å². The maximum atomic E-state index is 12.3. The van der Waals surface area contributed by atoms with Crippen LogP contribution in [-0.2, 0) is 11.3 Å². The Morgan fingerprint density at radius 1 is 1.41 bits per heavy atom. The molecule has 0 saturated carbocycles. The van der Waals surface area contributed by atoms with Gasteiger partial charge >= 0.3 is 0 Å². The van der Waals surface area contributed by atoms with Gasteiger partial charge in [0.2, 0.25) is 5.91 Å². The molecular weight excluding hydrogens is 342 g/mol. The zero-order valence-corrected chi connectivity index (χ0v) is 15.8. The fourth-order valence-corrected chi connectivity index (χ4v) is 3.29. The third-order valence-electron chi connectivity index (χ3n) is 4.81. The molecule has 7 nitrogen and oxygen atoms in total. The Hall–Kier alpha value is -2.85. The quantitative estimate of drug-likeness (QED) is 0.810. The average Bonchev–Trinajstić information content (AvgIpc) is 3.35. The number of hydrogen-bond donors (Lipinski definition) is 1. The van der Waals surface area contributed by atoms with Crippen LogP contribution in [0.1, 0.15) is 19.8 Å². The molecule has 2 heterocycles. The van der Waals surface area contributed by atoms with E-state index in [-0.39, 0.29) is 24.5 Å². The lowest BCUT2D eigenvalue weighted by atomic mass is 10.1. The van der Waals surface area contributed by atoms with Gasteiger partial charge in [-0.2, -0.15) is 10.4 Å². The summed E-state index contributed by atoms with van der Waals surface area (Å²) in [6.07, 6.45) is 3.62. The molecule has 2 atom stereocenters. The molecule has 3 rings (SSSR count). The number of nitrogens with zero attached hydrogens (tertiary/aromatic N) is 4. The predicted molar refractivity (Wildman–Crippen MR) is 102 cm³/mol. The lowest BCUT2D eigenvalue weighted by molar-refractivity contribution is -0.130. The number of nitriles is 1. The highest BCUT2D eigenvalue weighted by molar-refractivity contribution is 5.79. The summed E-state index contributed by atoms with van der Waals surface area (Å²) in [5, 5.41) is 16.9. The van der Waals surface area contributed by atoms with E-state index in [1.807, 2.05) is 48.1 Å². The first kappa shape index (κ1) is 18.9. The monoisotopic (exact) mass is 367 g/mol. The molecule has 142 valence electrons. The fraction of sp³-hybridized carbons (Fsp3) is 0.450. The van der Waals surface area contributed by atoms with E-state index < -0.39 is 0 Å². The largest absolute Gasteiger partial charge is 0.497 e. The molecule has 0 aliphatic carbocycles. The Balaban J connectivity index is 1.51. The highest BCUT2D eigenvalue weighted by Gasteiger charge is 2.28. The second-order valence-electron chi connectivity index (χ2n) is 6.81. The van der Waals surface area contributed by atoms with Crippen LogP contribution in [0.25, 0.3) is 11.3 Å². The van der Waals surface area contributed by atoms with Gasteiger partial charge in [-0.15, -0.1) is 0 Å². The normalized spacial score (nSPS) is 17.5. The molecule has 1 aliphatic heterocycles. The summed E-state index contributed by atoms with van der Waals surface area (Å²) in [7, 11) is 1.65. The summed E-state index contributed by atoms with van der Waals surface area (Å²) in [5.74, 6) is 0.808. The van der Waals surface area contributed by atoms with Crippen molar-refractivity contribution in [3.05, 3.63) is 36.5 Å². The Bertz CT molecular complexity index is 809. The second kappa shape index (κ2) is 8.69. The van der Waals surface area contributed by atoms with Crippen LogP contribution in [0.4, 0.5) is 0 Å². The zero-order chi connectivity index (χ0) is 19.2. The first-order valence-corrected chi connectivity index (χ1v) is 9.21. The van der Waals surface area contributed by atoms with Crippen LogP contribution in [0.15, 0.2) is 36.5 Å². The van der Waals surface area contributed by atoms with Crippen molar-refractivity contribution in [3.8, 4) is 23.1 Å². The van der Waals surface area contributed by atoms with Crippen LogP contribution in [0.5, 0.6) is 5.75 Å². The lowest BCUT2D eigenvalue weighted by Gasteiger charge is -2.21. The van der Waals surface area contributed by atoms with Gasteiger partial charge in [0, 0.05) is 24.3 Å². The van der Waals surface area contributed by atoms with Crippen LogP contribution in [0.2, 0.25) is 0 Å². The van der Waals surface area contributed by atoms with Crippen LogP contribution in [-0.4, -0.2) is 52.9 Å². The van der Waals surface area contributed by atoms with Gasteiger partial charge in [-0.1, -0.05) is 0 Å². The van der Waals surface area contributed by atoms with E-state index in [1.54, 1.807) is 12.0 Å². The van der Waals surface area contributed by atoms with E-state index in [2.05, 4.69) is 16.5 Å². The molecule has 0 radical (unpaired) electrons. The number of carbonyl (C=O) groups excluding carboxylic acids is 1. The smallest absolute Gasteiger partial charge is 0.237 e. The predicted octanol–water partition coefficient (Wildman–Crippen LogP) is 2.05. The number of methoxy groups -OCH3 is 1. The van der Waals surface area contributed by atoms with E-state index in [1.165, 1.54) is 0 Å². The Morgan fingerprint density at radius 2 is 2.19 bits per heavy atom. The second-order valence-corrected chi connectivity index (χ2v) is 6.81. The van der Waals surface area contributed by atoms with Crippen molar-refractivity contribution in [3.63, 3.8) is 0 Å². The van der Waals surface area contributed by atoms with Gasteiger partial charge in [-0.25, -0.2) is 0 Å². The number of likely N-dealkylation sites (tertiary alicyclic amines) is 1. The molecule has 1 N–H and O–H groups in total. The SMILES string of the molecule is COc1ccc(-c2ccn(CC(C)NCC(=O)N3CCC[C@H]3C#N)n2)cc1. The fourth-order valence-electron chi connectivity index (χ4n) is 3.29. The van der Waals surface area contributed by atoms with Crippen molar-refractivity contribution in [2.24, 2.45) is 0 Å². The molecule has 1 unspecified atom stereocenters. The summed E-state index contributed by atoms with van der Waals surface area (Å²) in [5.41, 5.74) is 1.93. The summed E-state index contributed by atoms with van der Waals surface area (Å²) in [4.78, 5) is 14.0. The standard InChI is InChI=1S/C20H25N5O2/c1-15(22-13-20(26)25-10-3-4-17(25)12-21)14-24-11-9-19(23-24)16-5-7-18(27-2)8-6-16/h5-9,11,15,17,22H,3-4,10,13-14H2,1-2H3/t15?,17-/m0/s1. The number of ether oxygens (including phenoxy) is 1. The van der Waals surface area contributed by atoms with Crippen LogP contribution >= 0.6 is 0 Å². The van der Waals surface area contributed by atoms with E-state index >= 15 is 0 Å². The number of hydrogen-bond acceptors (Lipinski definition) is 5. The number of nitrogens with one attached hydrogen (secondary N) is 1. The minimum atomic E-state index is -0.271. The third-order valence-corrected chi connectivity index (χ3v) is 4.81. The van der Waals surface area contributed by atoms with Gasteiger partial charge in [0.25, 0.3) is 0 Å². The molecule has 1 aromatic heterocycles. The number of carbonyl (C=O) groups is 1. The maximum Gasteiger partial charge on any atom is 0.237 e. The highest BCUT2D eigenvalue weighted by atomic mass is 16.5. The average molecular weight is 367 g/mol. The Morgan fingerprint density at radius 3 is 2.89 bits per heavy atom. The molecular formula is C20H25N5O2. The molecule has 1 aliphatic rings. The van der Waals surface area contributed by atoms with Crippen molar-refractivity contribution >= 4 is 5.91 Å². The third kappa shape index (κ3) is 4.66. The molecule has 1 amide bonds. The van der Waals surface area contributed by atoms with Gasteiger partial charge in [0.15, 0.2) is 0 Å². The molecule has 0 bridgehead atoms. The van der Waals surface area contributed by atoms with Gasteiger partial charge < -0.3 is 15.0 Å². The van der Waals surface area contributed by atoms with Crippen LogP contribution < -0.4 is 10.1 Å². The summed E-state index contributed by atoms with van der Waals surface area (Å²) in [6, 6.07) is 11.8. The van der Waals surface area contributed by atoms with E-state index in [0.29, 0.717) is 13.1 Å². The molecule has 2 aromatic rings. The molecule has 1 fully saturated rings. The summed E-state index contributed by atoms with van der Waals surface area (Å²) in [6.45, 7) is 3.60. The molecule has 1 aromatic carbocycles. The molecule has 1 saturated heterocycles. The maximum absolute atomic E-state index is 12.3. The van der Waals surface area contributed by atoms with E-state index in [0.717, 1.165) is 29.8 Å². The molecule has 7 heteroatoms. The van der Waals surface area contributed by atoms with Crippen molar-refractivity contribution in [2.45, 2.75) is 38.4 Å². The number of benzene rings is 1. The van der Waals surface area contributed by atoms with Gasteiger partial charge in [-0.3, -0.25) is 9.48 Å². The van der Waals surface area contributed by atoms with E-state index in [4.69, 9.17) is 10.00 Å². The van der Waals surface area contributed by atoms with Crippen LogP contribution in [0.3, 0.4) is 0 Å². The summed E-state index contributed by atoms with van der Waals surface area (Å²) < 4.78 is 7.05. The first-order valence-electron chi connectivity index (χ1n) is 9.21. The summed E-state index contributed by atoms with van der Waals surface area (Å²) >= 11 is 0. The van der Waals surface area contributed by atoms with Gasteiger partial charge in [0.1, 0.15) is 11.8 Å². The topological polar surface area (TPSA) is 83.2 Å². The van der Waals surface area contributed by atoms with Crippen molar-refractivity contribution in [1.82, 2.24) is 20.0 Å². The Kier molecular flexibility index (Phi) is 6.09.